The van der Waals surface area contributed by atoms with Gasteiger partial charge in [0.15, 0.2) is 0 Å². The number of aromatic nitrogens is 1. The van der Waals surface area contributed by atoms with Gasteiger partial charge in [-0.2, -0.15) is 0 Å². The quantitative estimate of drug-likeness (QED) is 0.794. The van der Waals surface area contributed by atoms with E-state index in [1.165, 1.54) is 9.75 Å². The molecule has 0 aliphatic heterocycles. The Hall–Kier alpha value is -1.07. The van der Waals surface area contributed by atoms with Gasteiger partial charge in [-0.05, 0) is 54.9 Å². The molecule has 2 aromatic rings. The minimum atomic E-state index is 0.0519. The first kappa shape index (κ1) is 15.3. The number of amides is 1. The lowest BCUT2D eigenvalue weighted by molar-refractivity contribution is 0.0734. The van der Waals surface area contributed by atoms with Gasteiger partial charge >= 0.3 is 0 Å². The fraction of sp³-hybridized carbons (Fsp3) is 0.400. The van der Waals surface area contributed by atoms with Gasteiger partial charge in [0.05, 0.1) is 6.04 Å². The highest BCUT2D eigenvalue weighted by Gasteiger charge is 2.22. The van der Waals surface area contributed by atoms with E-state index in [2.05, 4.69) is 41.9 Å². The Balaban J connectivity index is 2.23. The van der Waals surface area contributed by atoms with E-state index >= 15 is 0 Å². The van der Waals surface area contributed by atoms with Crippen LogP contribution in [0.15, 0.2) is 28.9 Å². The maximum Gasteiger partial charge on any atom is 0.270 e. The largest absolute Gasteiger partial charge is 0.343 e. The first-order valence-electron chi connectivity index (χ1n) is 6.63. The van der Waals surface area contributed by atoms with Crippen molar-refractivity contribution in [3.63, 3.8) is 0 Å². The van der Waals surface area contributed by atoms with E-state index in [0.717, 1.165) is 16.7 Å². The lowest BCUT2D eigenvalue weighted by Gasteiger charge is -2.24. The van der Waals surface area contributed by atoms with Gasteiger partial charge in [0.1, 0.15) is 5.69 Å². The number of rotatable bonds is 4. The van der Waals surface area contributed by atoms with E-state index in [1.54, 1.807) is 16.2 Å². The predicted molar refractivity (Wildman–Crippen MR) is 87.4 cm³/mol. The molecule has 5 heteroatoms. The molecule has 0 aliphatic rings. The average molecular weight is 355 g/mol. The van der Waals surface area contributed by atoms with Crippen molar-refractivity contribution in [1.29, 1.82) is 0 Å². The molecule has 3 nitrogen and oxygen atoms in total. The van der Waals surface area contributed by atoms with E-state index in [4.69, 9.17) is 0 Å². The van der Waals surface area contributed by atoms with Crippen molar-refractivity contribution in [2.75, 3.05) is 7.05 Å². The second-order valence-electron chi connectivity index (χ2n) is 4.87. The number of carbonyl (C=O) groups is 1. The second kappa shape index (κ2) is 6.14. The van der Waals surface area contributed by atoms with Crippen molar-refractivity contribution >= 4 is 33.2 Å². The Morgan fingerprint density at radius 2 is 2.20 bits per heavy atom. The van der Waals surface area contributed by atoms with Crippen molar-refractivity contribution in [1.82, 2.24) is 9.47 Å². The van der Waals surface area contributed by atoms with E-state index in [9.17, 15) is 4.79 Å². The summed E-state index contributed by atoms with van der Waals surface area (Å²) in [4.78, 5) is 16.9. The van der Waals surface area contributed by atoms with Crippen molar-refractivity contribution in [3.05, 3.63) is 44.3 Å². The maximum absolute atomic E-state index is 12.6. The highest BCUT2D eigenvalue weighted by Crippen LogP contribution is 2.28. The molecule has 0 spiro atoms. The molecule has 1 atom stereocenters. The molecule has 0 N–H and O–H groups in total. The summed E-state index contributed by atoms with van der Waals surface area (Å²) in [5, 5.41) is 0. The maximum atomic E-state index is 12.6. The van der Waals surface area contributed by atoms with Crippen molar-refractivity contribution < 1.29 is 4.79 Å². The summed E-state index contributed by atoms with van der Waals surface area (Å²) in [6.07, 6.45) is 1.95. The SMILES string of the molecule is CCn1cc(Br)cc1C(=O)N(C)C(C)c1ccc(C)s1. The van der Waals surface area contributed by atoms with Crippen molar-refractivity contribution in [2.24, 2.45) is 0 Å². The van der Waals surface area contributed by atoms with Crippen LogP contribution in [-0.2, 0) is 6.54 Å². The lowest BCUT2D eigenvalue weighted by Crippen LogP contribution is -2.30. The number of hydrogen-bond donors (Lipinski definition) is 0. The monoisotopic (exact) mass is 354 g/mol. The number of hydrogen-bond acceptors (Lipinski definition) is 2. The van der Waals surface area contributed by atoms with E-state index in [-0.39, 0.29) is 11.9 Å². The molecule has 0 radical (unpaired) electrons. The van der Waals surface area contributed by atoms with Crippen LogP contribution in [0.4, 0.5) is 0 Å². The van der Waals surface area contributed by atoms with Crippen molar-refractivity contribution in [2.45, 2.75) is 33.4 Å². The van der Waals surface area contributed by atoms with Crippen LogP contribution in [0.3, 0.4) is 0 Å². The normalized spacial score (nSPS) is 12.4. The lowest BCUT2D eigenvalue weighted by atomic mass is 10.2. The Morgan fingerprint density at radius 1 is 1.50 bits per heavy atom. The summed E-state index contributed by atoms with van der Waals surface area (Å²) in [6.45, 7) is 6.97. The van der Waals surface area contributed by atoms with Gasteiger partial charge in [0, 0.05) is 34.0 Å². The van der Waals surface area contributed by atoms with Gasteiger partial charge < -0.3 is 9.47 Å². The van der Waals surface area contributed by atoms with Gasteiger partial charge in [-0.1, -0.05) is 0 Å². The van der Waals surface area contributed by atoms with E-state index in [0.29, 0.717) is 0 Å². The Bertz CT molecular complexity index is 617. The minimum Gasteiger partial charge on any atom is -0.343 e. The Morgan fingerprint density at radius 3 is 2.75 bits per heavy atom. The Labute approximate surface area is 132 Å². The average Bonchev–Trinajstić information content (AvgIpc) is 3.02. The molecule has 2 heterocycles. The van der Waals surface area contributed by atoms with Gasteiger partial charge in [-0.15, -0.1) is 11.3 Å². The van der Waals surface area contributed by atoms with Crippen LogP contribution in [0.5, 0.6) is 0 Å². The molecule has 108 valence electrons. The molecule has 2 rings (SSSR count). The highest BCUT2D eigenvalue weighted by molar-refractivity contribution is 9.10. The molecule has 0 fully saturated rings. The highest BCUT2D eigenvalue weighted by atomic mass is 79.9. The smallest absolute Gasteiger partial charge is 0.270 e. The molecule has 1 amide bonds. The van der Waals surface area contributed by atoms with E-state index < -0.39 is 0 Å². The summed E-state index contributed by atoms with van der Waals surface area (Å²) < 4.78 is 2.91. The minimum absolute atomic E-state index is 0.0519. The molecule has 2 aromatic heterocycles. The third-order valence-corrected chi connectivity index (χ3v) is 5.10. The summed E-state index contributed by atoms with van der Waals surface area (Å²) in [6, 6.07) is 6.16. The van der Waals surface area contributed by atoms with Crippen LogP contribution >= 0.6 is 27.3 Å². The van der Waals surface area contributed by atoms with Crippen LogP contribution in [0.1, 0.15) is 40.1 Å². The first-order chi connectivity index (χ1) is 9.43. The molecule has 0 aromatic carbocycles. The molecular weight excluding hydrogens is 336 g/mol. The summed E-state index contributed by atoms with van der Waals surface area (Å²) in [5.74, 6) is 0.0519. The van der Waals surface area contributed by atoms with Gasteiger partial charge in [0.25, 0.3) is 5.91 Å². The van der Waals surface area contributed by atoms with Crippen LogP contribution < -0.4 is 0 Å². The zero-order valence-electron chi connectivity index (χ0n) is 12.2. The fourth-order valence-electron chi connectivity index (χ4n) is 2.14. The van der Waals surface area contributed by atoms with Gasteiger partial charge in [0.2, 0.25) is 0 Å². The van der Waals surface area contributed by atoms with Gasteiger partial charge in [-0.25, -0.2) is 0 Å². The van der Waals surface area contributed by atoms with E-state index in [1.807, 2.05) is 30.8 Å². The third kappa shape index (κ3) is 2.99. The van der Waals surface area contributed by atoms with Crippen LogP contribution in [0.25, 0.3) is 0 Å². The number of halogens is 1. The Kier molecular flexibility index (Phi) is 4.70. The fourth-order valence-corrected chi connectivity index (χ4v) is 3.58. The van der Waals surface area contributed by atoms with Gasteiger partial charge in [-0.3, -0.25) is 4.79 Å². The first-order valence-corrected chi connectivity index (χ1v) is 8.24. The number of nitrogens with zero attached hydrogens (tertiary/aromatic N) is 2. The molecular formula is C15H19BrN2OS. The molecule has 0 bridgehead atoms. The van der Waals surface area contributed by atoms with Crippen LogP contribution in [0, 0.1) is 6.92 Å². The summed E-state index contributed by atoms with van der Waals surface area (Å²) in [5.41, 5.74) is 0.724. The second-order valence-corrected chi connectivity index (χ2v) is 7.11. The third-order valence-electron chi connectivity index (χ3n) is 3.50. The number of aryl methyl sites for hydroxylation is 2. The topological polar surface area (TPSA) is 25.2 Å². The number of thiophene rings is 1. The van der Waals surface area contributed by atoms with Crippen LogP contribution in [-0.4, -0.2) is 22.4 Å². The van der Waals surface area contributed by atoms with Crippen LogP contribution in [0.2, 0.25) is 0 Å². The zero-order valence-corrected chi connectivity index (χ0v) is 14.6. The summed E-state index contributed by atoms with van der Waals surface area (Å²) >= 11 is 5.18. The molecule has 20 heavy (non-hydrogen) atoms. The zero-order chi connectivity index (χ0) is 14.9. The molecule has 0 saturated heterocycles. The predicted octanol–water partition coefficient (Wildman–Crippen LogP) is 4.47. The van der Waals surface area contributed by atoms with Crippen molar-refractivity contribution in [3.8, 4) is 0 Å². The molecule has 0 aliphatic carbocycles. The molecule has 0 saturated carbocycles. The molecule has 1 unspecified atom stereocenters. The standard InChI is InChI=1S/C15H19BrN2OS/c1-5-18-9-12(16)8-13(18)15(19)17(4)11(3)14-7-6-10(2)20-14/h6-9,11H,5H2,1-4H3. The summed E-state index contributed by atoms with van der Waals surface area (Å²) in [7, 11) is 1.86. The number of carbonyl (C=O) groups excluding carboxylic acids is 1.